The Labute approximate surface area is 118 Å². The standard InChI is InChI=1S/C11H21N3O3S2/c1-19(16,17)14-5-2-9(3-6-14)13-11(15)10-8-18-7-4-12-10/h9-10,12H,2-8H2,1H3,(H,13,15). The van der Waals surface area contributed by atoms with Gasteiger partial charge >= 0.3 is 0 Å². The third-order valence-electron chi connectivity index (χ3n) is 3.51. The number of rotatable bonds is 3. The molecule has 110 valence electrons. The molecule has 2 saturated heterocycles. The zero-order valence-electron chi connectivity index (χ0n) is 11.1. The van der Waals surface area contributed by atoms with Crippen LogP contribution in [-0.4, -0.2) is 68.1 Å². The molecule has 0 aliphatic carbocycles. The van der Waals surface area contributed by atoms with Gasteiger partial charge in [0.25, 0.3) is 0 Å². The van der Waals surface area contributed by atoms with Crippen LogP contribution in [0.2, 0.25) is 0 Å². The first-order valence-corrected chi connectivity index (χ1v) is 9.54. The molecule has 0 aromatic heterocycles. The molecular formula is C11H21N3O3S2. The molecule has 19 heavy (non-hydrogen) atoms. The third kappa shape index (κ3) is 4.34. The molecule has 0 bridgehead atoms. The average Bonchev–Trinajstić information content (AvgIpc) is 2.39. The number of carbonyl (C=O) groups is 1. The molecule has 2 aliphatic heterocycles. The molecule has 2 N–H and O–H groups in total. The van der Waals surface area contributed by atoms with Crippen LogP contribution < -0.4 is 10.6 Å². The maximum absolute atomic E-state index is 12.0. The monoisotopic (exact) mass is 307 g/mol. The predicted molar refractivity (Wildman–Crippen MR) is 76.7 cm³/mol. The molecule has 2 heterocycles. The molecular weight excluding hydrogens is 286 g/mol. The fourth-order valence-electron chi connectivity index (χ4n) is 2.37. The van der Waals surface area contributed by atoms with Crippen molar-refractivity contribution >= 4 is 27.7 Å². The number of hydrogen-bond acceptors (Lipinski definition) is 5. The van der Waals surface area contributed by atoms with Gasteiger partial charge in [-0.3, -0.25) is 4.79 Å². The highest BCUT2D eigenvalue weighted by Gasteiger charge is 2.28. The smallest absolute Gasteiger partial charge is 0.238 e. The van der Waals surface area contributed by atoms with Crippen LogP contribution in [0.25, 0.3) is 0 Å². The van der Waals surface area contributed by atoms with E-state index in [0.717, 1.165) is 18.1 Å². The second kappa shape index (κ2) is 6.43. The molecule has 0 saturated carbocycles. The van der Waals surface area contributed by atoms with Crippen LogP contribution in [0, 0.1) is 0 Å². The van der Waals surface area contributed by atoms with Crippen molar-refractivity contribution in [3.05, 3.63) is 0 Å². The van der Waals surface area contributed by atoms with Crippen molar-refractivity contribution < 1.29 is 13.2 Å². The Morgan fingerprint density at radius 1 is 1.37 bits per heavy atom. The minimum Gasteiger partial charge on any atom is -0.352 e. The summed E-state index contributed by atoms with van der Waals surface area (Å²) in [5, 5.41) is 6.23. The molecule has 2 fully saturated rings. The van der Waals surface area contributed by atoms with Gasteiger partial charge in [0.05, 0.1) is 12.3 Å². The molecule has 0 spiro atoms. The fourth-order valence-corrected chi connectivity index (χ4v) is 4.18. The summed E-state index contributed by atoms with van der Waals surface area (Å²) in [6.45, 7) is 1.86. The van der Waals surface area contributed by atoms with Gasteiger partial charge < -0.3 is 10.6 Å². The van der Waals surface area contributed by atoms with Gasteiger partial charge in [-0.2, -0.15) is 11.8 Å². The minimum absolute atomic E-state index is 0.0463. The number of thioether (sulfide) groups is 1. The summed E-state index contributed by atoms with van der Waals surface area (Å²) in [6.07, 6.45) is 2.62. The van der Waals surface area contributed by atoms with E-state index < -0.39 is 10.0 Å². The van der Waals surface area contributed by atoms with E-state index in [0.29, 0.717) is 25.9 Å². The summed E-state index contributed by atoms with van der Waals surface area (Å²) in [7, 11) is -3.09. The van der Waals surface area contributed by atoms with Gasteiger partial charge in [-0.05, 0) is 12.8 Å². The molecule has 0 aromatic carbocycles. The Bertz CT molecular complexity index is 413. The molecule has 1 atom stereocenters. The summed E-state index contributed by atoms with van der Waals surface area (Å²) >= 11 is 1.79. The first-order chi connectivity index (χ1) is 8.97. The lowest BCUT2D eigenvalue weighted by atomic mass is 10.1. The van der Waals surface area contributed by atoms with Crippen LogP contribution in [0.1, 0.15) is 12.8 Å². The van der Waals surface area contributed by atoms with Crippen LogP contribution in [0.3, 0.4) is 0 Å². The zero-order chi connectivity index (χ0) is 13.9. The summed E-state index contributed by atoms with van der Waals surface area (Å²) < 4.78 is 24.3. The van der Waals surface area contributed by atoms with Crippen molar-refractivity contribution in [2.24, 2.45) is 0 Å². The van der Waals surface area contributed by atoms with Crippen molar-refractivity contribution in [1.82, 2.24) is 14.9 Å². The average molecular weight is 307 g/mol. The number of piperidine rings is 1. The van der Waals surface area contributed by atoms with Gasteiger partial charge in [0.2, 0.25) is 15.9 Å². The summed E-state index contributed by atoms with van der Waals surface area (Å²) in [5.74, 6) is 1.91. The second-order valence-electron chi connectivity index (χ2n) is 5.03. The second-order valence-corrected chi connectivity index (χ2v) is 8.16. The van der Waals surface area contributed by atoms with Crippen molar-refractivity contribution in [1.29, 1.82) is 0 Å². The van der Waals surface area contributed by atoms with Gasteiger partial charge in [-0.1, -0.05) is 0 Å². The highest BCUT2D eigenvalue weighted by molar-refractivity contribution is 7.99. The van der Waals surface area contributed by atoms with Gasteiger partial charge in [0.15, 0.2) is 0 Å². The topological polar surface area (TPSA) is 78.5 Å². The van der Waals surface area contributed by atoms with Crippen molar-refractivity contribution in [3.8, 4) is 0 Å². The molecule has 6 nitrogen and oxygen atoms in total. The Hall–Kier alpha value is -0.310. The Morgan fingerprint density at radius 2 is 2.05 bits per heavy atom. The van der Waals surface area contributed by atoms with E-state index in [2.05, 4.69) is 10.6 Å². The van der Waals surface area contributed by atoms with Crippen LogP contribution in [-0.2, 0) is 14.8 Å². The third-order valence-corrected chi connectivity index (χ3v) is 5.87. The molecule has 1 unspecified atom stereocenters. The maximum atomic E-state index is 12.0. The van der Waals surface area contributed by atoms with E-state index in [1.807, 2.05) is 0 Å². The SMILES string of the molecule is CS(=O)(=O)N1CCC(NC(=O)C2CSCCN2)CC1. The lowest BCUT2D eigenvalue weighted by Crippen LogP contribution is -2.53. The number of hydrogen-bond donors (Lipinski definition) is 2. The van der Waals surface area contributed by atoms with Crippen LogP contribution in [0.15, 0.2) is 0 Å². The van der Waals surface area contributed by atoms with E-state index in [9.17, 15) is 13.2 Å². The Kier molecular flexibility index (Phi) is 5.10. The van der Waals surface area contributed by atoms with Gasteiger partial charge in [-0.15, -0.1) is 0 Å². The first kappa shape index (κ1) is 15.1. The number of carbonyl (C=O) groups excluding carboxylic acids is 1. The molecule has 1 amide bonds. The van der Waals surface area contributed by atoms with Gasteiger partial charge in [0, 0.05) is 37.2 Å². The first-order valence-electron chi connectivity index (χ1n) is 6.53. The van der Waals surface area contributed by atoms with Crippen LogP contribution in [0.5, 0.6) is 0 Å². The number of amides is 1. The zero-order valence-corrected chi connectivity index (χ0v) is 12.7. The summed E-state index contributed by atoms with van der Waals surface area (Å²) in [4.78, 5) is 12.0. The number of sulfonamides is 1. The van der Waals surface area contributed by atoms with E-state index in [1.165, 1.54) is 10.6 Å². The molecule has 2 aliphatic rings. The summed E-state index contributed by atoms with van der Waals surface area (Å²) in [6, 6.07) is -0.00841. The normalized spacial score (nSPS) is 27.1. The largest absolute Gasteiger partial charge is 0.352 e. The highest BCUT2D eigenvalue weighted by Crippen LogP contribution is 2.14. The van der Waals surface area contributed by atoms with Gasteiger partial charge in [-0.25, -0.2) is 12.7 Å². The van der Waals surface area contributed by atoms with E-state index in [4.69, 9.17) is 0 Å². The van der Waals surface area contributed by atoms with E-state index in [-0.39, 0.29) is 18.0 Å². The fraction of sp³-hybridized carbons (Fsp3) is 0.909. The van der Waals surface area contributed by atoms with Crippen molar-refractivity contribution in [2.75, 3.05) is 37.4 Å². The molecule has 0 radical (unpaired) electrons. The lowest BCUT2D eigenvalue weighted by molar-refractivity contribution is -0.123. The highest BCUT2D eigenvalue weighted by atomic mass is 32.2. The van der Waals surface area contributed by atoms with Gasteiger partial charge in [0.1, 0.15) is 0 Å². The van der Waals surface area contributed by atoms with E-state index >= 15 is 0 Å². The number of nitrogens with zero attached hydrogens (tertiary/aromatic N) is 1. The Morgan fingerprint density at radius 3 is 2.58 bits per heavy atom. The number of nitrogens with one attached hydrogen (secondary N) is 2. The lowest BCUT2D eigenvalue weighted by Gasteiger charge is -2.32. The van der Waals surface area contributed by atoms with Crippen molar-refractivity contribution in [2.45, 2.75) is 24.9 Å². The molecule has 2 rings (SSSR count). The van der Waals surface area contributed by atoms with Crippen LogP contribution >= 0.6 is 11.8 Å². The predicted octanol–water partition coefficient (Wildman–Crippen LogP) is -0.768. The minimum atomic E-state index is -3.09. The Balaban J connectivity index is 1.77. The quantitative estimate of drug-likeness (QED) is 0.716. The maximum Gasteiger partial charge on any atom is 0.238 e. The molecule has 8 heteroatoms. The van der Waals surface area contributed by atoms with Crippen molar-refractivity contribution in [3.63, 3.8) is 0 Å². The van der Waals surface area contributed by atoms with E-state index in [1.54, 1.807) is 11.8 Å². The molecule has 0 aromatic rings. The van der Waals surface area contributed by atoms with Crippen LogP contribution in [0.4, 0.5) is 0 Å². The summed E-state index contributed by atoms with van der Waals surface area (Å²) in [5.41, 5.74) is 0.